The van der Waals surface area contributed by atoms with Crippen LogP contribution in [-0.2, 0) is 9.59 Å². The fourth-order valence-corrected chi connectivity index (χ4v) is 3.47. The van der Waals surface area contributed by atoms with Crippen molar-refractivity contribution in [3.05, 3.63) is 52.0 Å². The summed E-state index contributed by atoms with van der Waals surface area (Å²) in [6, 6.07) is 9.11. The van der Waals surface area contributed by atoms with Crippen LogP contribution in [0.15, 0.2) is 46.4 Å². The molecular formula is C21H19BrN2O6. The topological polar surface area (TPSA) is 94.2 Å². The molecule has 1 fully saturated rings. The van der Waals surface area contributed by atoms with Gasteiger partial charge in [0.25, 0.3) is 11.8 Å². The molecule has 0 radical (unpaired) electrons. The molecule has 30 heavy (non-hydrogen) atoms. The number of hydrogen-bond donors (Lipinski definition) is 1. The number of urea groups is 1. The van der Waals surface area contributed by atoms with Crippen molar-refractivity contribution in [1.82, 2.24) is 5.32 Å². The first-order chi connectivity index (χ1) is 14.4. The zero-order valence-corrected chi connectivity index (χ0v) is 18.1. The number of methoxy groups -OCH3 is 2. The molecule has 1 aliphatic heterocycles. The van der Waals surface area contributed by atoms with Crippen LogP contribution in [0.25, 0.3) is 6.08 Å². The van der Waals surface area contributed by atoms with Gasteiger partial charge in [0, 0.05) is 10.0 Å². The Balaban J connectivity index is 2.12. The smallest absolute Gasteiger partial charge is 0.336 e. The van der Waals surface area contributed by atoms with Crippen LogP contribution in [0.4, 0.5) is 10.5 Å². The lowest BCUT2D eigenvalue weighted by molar-refractivity contribution is -0.122. The van der Waals surface area contributed by atoms with Crippen molar-refractivity contribution in [2.24, 2.45) is 0 Å². The van der Waals surface area contributed by atoms with Gasteiger partial charge in [-0.25, -0.2) is 9.69 Å². The van der Waals surface area contributed by atoms with Gasteiger partial charge in [0.05, 0.1) is 26.5 Å². The average molecular weight is 475 g/mol. The van der Waals surface area contributed by atoms with Crippen LogP contribution in [0.1, 0.15) is 12.5 Å². The second-order valence-corrected chi connectivity index (χ2v) is 7.00. The number of para-hydroxylation sites is 2. The van der Waals surface area contributed by atoms with Crippen molar-refractivity contribution < 1.29 is 28.6 Å². The molecule has 0 saturated carbocycles. The molecule has 2 aromatic rings. The van der Waals surface area contributed by atoms with E-state index in [2.05, 4.69) is 21.2 Å². The second kappa shape index (κ2) is 9.00. The summed E-state index contributed by atoms with van der Waals surface area (Å²) in [4.78, 5) is 39.0. The maximum atomic E-state index is 13.2. The van der Waals surface area contributed by atoms with Gasteiger partial charge in [-0.3, -0.25) is 14.9 Å². The molecule has 1 saturated heterocycles. The number of imide groups is 2. The minimum absolute atomic E-state index is 0.235. The number of benzene rings is 2. The summed E-state index contributed by atoms with van der Waals surface area (Å²) in [7, 11) is 2.93. The number of rotatable bonds is 6. The van der Waals surface area contributed by atoms with Gasteiger partial charge in [-0.1, -0.05) is 28.1 Å². The van der Waals surface area contributed by atoms with Crippen LogP contribution < -0.4 is 24.4 Å². The van der Waals surface area contributed by atoms with Crippen molar-refractivity contribution in [3.8, 4) is 17.2 Å². The van der Waals surface area contributed by atoms with E-state index in [-0.39, 0.29) is 11.3 Å². The molecule has 9 heteroatoms. The zero-order valence-electron chi connectivity index (χ0n) is 16.5. The Kier molecular flexibility index (Phi) is 6.41. The highest BCUT2D eigenvalue weighted by Gasteiger charge is 2.38. The molecule has 0 bridgehead atoms. The molecule has 1 heterocycles. The molecule has 0 atom stereocenters. The molecular weight excluding hydrogens is 456 g/mol. The molecule has 8 nitrogen and oxygen atoms in total. The van der Waals surface area contributed by atoms with Crippen molar-refractivity contribution in [1.29, 1.82) is 0 Å². The molecule has 0 spiro atoms. The number of halogens is 1. The lowest BCUT2D eigenvalue weighted by Crippen LogP contribution is -2.54. The van der Waals surface area contributed by atoms with E-state index >= 15 is 0 Å². The third-order valence-electron chi connectivity index (χ3n) is 4.28. The van der Waals surface area contributed by atoms with Gasteiger partial charge in [0.2, 0.25) is 0 Å². The fourth-order valence-electron chi connectivity index (χ4n) is 3.02. The maximum absolute atomic E-state index is 13.2. The number of carbonyl (C=O) groups is 3. The van der Waals surface area contributed by atoms with Gasteiger partial charge >= 0.3 is 6.03 Å². The van der Waals surface area contributed by atoms with Crippen LogP contribution in [-0.4, -0.2) is 38.7 Å². The first-order valence-corrected chi connectivity index (χ1v) is 9.75. The number of nitrogens with one attached hydrogen (secondary N) is 1. The maximum Gasteiger partial charge on any atom is 0.336 e. The Labute approximate surface area is 181 Å². The van der Waals surface area contributed by atoms with Crippen molar-refractivity contribution in [2.45, 2.75) is 6.92 Å². The SMILES string of the molecule is CCOc1ccccc1N1C(=O)NC(=O)/C(=C\c2cc(Br)cc(OC)c2OC)C1=O. The van der Waals surface area contributed by atoms with E-state index in [1.54, 1.807) is 43.3 Å². The Hall–Kier alpha value is -3.33. The molecule has 1 N–H and O–H groups in total. The molecule has 0 aliphatic carbocycles. The molecule has 4 amide bonds. The zero-order chi connectivity index (χ0) is 21.8. The largest absolute Gasteiger partial charge is 0.493 e. The number of nitrogens with zero attached hydrogens (tertiary/aromatic N) is 1. The van der Waals surface area contributed by atoms with Crippen LogP contribution in [0.5, 0.6) is 17.2 Å². The number of hydrogen-bond acceptors (Lipinski definition) is 6. The highest BCUT2D eigenvalue weighted by atomic mass is 79.9. The van der Waals surface area contributed by atoms with E-state index in [1.807, 2.05) is 0 Å². The quantitative estimate of drug-likeness (QED) is 0.508. The lowest BCUT2D eigenvalue weighted by Gasteiger charge is -2.27. The van der Waals surface area contributed by atoms with Crippen LogP contribution >= 0.6 is 15.9 Å². The number of ether oxygens (including phenoxy) is 3. The predicted octanol–water partition coefficient (Wildman–Crippen LogP) is 3.53. The summed E-state index contributed by atoms with van der Waals surface area (Å²) in [5, 5.41) is 2.20. The summed E-state index contributed by atoms with van der Waals surface area (Å²) >= 11 is 3.37. The molecule has 156 valence electrons. The molecule has 3 rings (SSSR count). The highest BCUT2D eigenvalue weighted by molar-refractivity contribution is 9.10. The van der Waals surface area contributed by atoms with Gasteiger partial charge in [-0.15, -0.1) is 0 Å². The lowest BCUT2D eigenvalue weighted by atomic mass is 10.1. The van der Waals surface area contributed by atoms with Gasteiger partial charge < -0.3 is 14.2 Å². The Morgan fingerprint density at radius 1 is 1.07 bits per heavy atom. The number of barbiturate groups is 1. The van der Waals surface area contributed by atoms with E-state index in [1.165, 1.54) is 20.3 Å². The normalized spacial score (nSPS) is 15.3. The van der Waals surface area contributed by atoms with Gasteiger partial charge in [-0.2, -0.15) is 0 Å². The van der Waals surface area contributed by atoms with E-state index in [0.29, 0.717) is 33.9 Å². The first kappa shape index (κ1) is 21.4. The molecule has 0 aromatic heterocycles. The molecule has 2 aromatic carbocycles. The van der Waals surface area contributed by atoms with E-state index in [0.717, 1.165) is 4.90 Å². The van der Waals surface area contributed by atoms with Gasteiger partial charge in [0.15, 0.2) is 11.5 Å². The van der Waals surface area contributed by atoms with Gasteiger partial charge in [0.1, 0.15) is 11.3 Å². The number of anilines is 1. The van der Waals surface area contributed by atoms with Crippen molar-refractivity contribution in [2.75, 3.05) is 25.7 Å². The Morgan fingerprint density at radius 3 is 2.47 bits per heavy atom. The van der Waals surface area contributed by atoms with Crippen LogP contribution in [0.3, 0.4) is 0 Å². The fraction of sp³-hybridized carbons (Fsp3) is 0.190. The summed E-state index contributed by atoms with van der Waals surface area (Å²) in [5.74, 6) is -0.490. The second-order valence-electron chi connectivity index (χ2n) is 6.09. The minimum atomic E-state index is -0.854. The summed E-state index contributed by atoms with van der Waals surface area (Å²) in [6.45, 7) is 2.13. The van der Waals surface area contributed by atoms with Crippen LogP contribution in [0.2, 0.25) is 0 Å². The molecule has 0 unspecified atom stereocenters. The number of carbonyl (C=O) groups excluding carboxylic acids is 3. The molecule has 1 aliphatic rings. The first-order valence-electron chi connectivity index (χ1n) is 8.96. The Morgan fingerprint density at radius 2 is 1.80 bits per heavy atom. The third kappa shape index (κ3) is 4.02. The summed E-state index contributed by atoms with van der Waals surface area (Å²) < 4.78 is 16.9. The van der Waals surface area contributed by atoms with Gasteiger partial charge in [-0.05, 0) is 37.3 Å². The van der Waals surface area contributed by atoms with E-state index in [4.69, 9.17) is 14.2 Å². The predicted molar refractivity (Wildman–Crippen MR) is 114 cm³/mol. The van der Waals surface area contributed by atoms with Crippen LogP contribution in [0, 0.1) is 0 Å². The summed E-state index contributed by atoms with van der Waals surface area (Å²) in [5.41, 5.74) is 0.424. The monoisotopic (exact) mass is 474 g/mol. The van der Waals surface area contributed by atoms with E-state index in [9.17, 15) is 14.4 Å². The number of amides is 4. The third-order valence-corrected chi connectivity index (χ3v) is 4.74. The van der Waals surface area contributed by atoms with E-state index < -0.39 is 17.8 Å². The highest BCUT2D eigenvalue weighted by Crippen LogP contribution is 2.37. The summed E-state index contributed by atoms with van der Waals surface area (Å²) in [6.07, 6.45) is 1.35. The van der Waals surface area contributed by atoms with Crippen molar-refractivity contribution in [3.63, 3.8) is 0 Å². The standard InChI is InChI=1S/C21H19BrN2O6/c1-4-30-16-8-6-5-7-15(16)24-20(26)14(19(25)23-21(24)27)10-12-9-13(22)11-17(28-2)18(12)29-3/h5-11H,4H2,1-3H3,(H,23,25,27)/b14-10+. The average Bonchev–Trinajstić information content (AvgIpc) is 2.72. The Bertz CT molecular complexity index is 1050. The minimum Gasteiger partial charge on any atom is -0.493 e. The van der Waals surface area contributed by atoms with Crippen molar-refractivity contribution >= 4 is 45.5 Å².